The molecule has 2 aliphatic rings. The lowest BCUT2D eigenvalue weighted by Crippen LogP contribution is -2.23. The lowest BCUT2D eigenvalue weighted by Gasteiger charge is -2.35. The molecular formula is C22H19NO2S. The normalized spacial score (nSPS) is 15.7. The van der Waals surface area contributed by atoms with Crippen molar-refractivity contribution in [1.29, 1.82) is 0 Å². The van der Waals surface area contributed by atoms with E-state index in [1.807, 2.05) is 48.5 Å². The number of fused-ring (bicyclic) bond motifs is 3. The van der Waals surface area contributed by atoms with Crippen molar-refractivity contribution >= 4 is 28.2 Å². The zero-order chi connectivity index (χ0) is 17.7. The third-order valence-corrected chi connectivity index (χ3v) is 6.63. The molecule has 0 spiro atoms. The van der Waals surface area contributed by atoms with Gasteiger partial charge in [0.15, 0.2) is 9.79 Å². The first-order valence-corrected chi connectivity index (χ1v) is 10.1. The largest absolute Gasteiger partial charge is 0.606 e. The van der Waals surface area contributed by atoms with Crippen molar-refractivity contribution < 1.29 is 9.29 Å². The Morgan fingerprint density at radius 2 is 1.54 bits per heavy atom. The topological polar surface area (TPSA) is 35.5 Å². The van der Waals surface area contributed by atoms with Crippen LogP contribution in [0.5, 0.6) is 5.75 Å². The standard InChI is InChI=1S/C22H19NO2S/c1-15-12-13-19(22-16(15)7-6-14-25-22)23-17-8-2-4-10-20(17)26(24)21-11-5-3-9-18(21)23/h2-5,8-13H,6-7,14H2,1H3. The van der Waals surface area contributed by atoms with Crippen LogP contribution in [0.4, 0.5) is 17.1 Å². The van der Waals surface area contributed by atoms with E-state index in [1.165, 1.54) is 11.1 Å². The minimum atomic E-state index is -1.17. The van der Waals surface area contributed by atoms with Crippen LogP contribution < -0.4 is 9.64 Å². The van der Waals surface area contributed by atoms with Crippen LogP contribution in [-0.4, -0.2) is 11.2 Å². The lowest BCUT2D eigenvalue weighted by atomic mass is 9.98. The summed E-state index contributed by atoms with van der Waals surface area (Å²) < 4.78 is 19.2. The molecule has 3 nitrogen and oxygen atoms in total. The molecule has 0 atom stereocenters. The molecule has 0 N–H and O–H groups in total. The molecule has 0 aromatic heterocycles. The molecule has 26 heavy (non-hydrogen) atoms. The molecule has 0 bridgehead atoms. The summed E-state index contributed by atoms with van der Waals surface area (Å²) in [5, 5.41) is 0. The van der Waals surface area contributed by atoms with E-state index in [0.717, 1.165) is 52.1 Å². The van der Waals surface area contributed by atoms with E-state index in [1.54, 1.807) is 0 Å². The van der Waals surface area contributed by atoms with E-state index in [4.69, 9.17) is 4.74 Å². The van der Waals surface area contributed by atoms with Gasteiger partial charge < -0.3 is 9.29 Å². The third kappa shape index (κ3) is 2.26. The second kappa shape index (κ2) is 6.08. The van der Waals surface area contributed by atoms with Crippen molar-refractivity contribution in [3.05, 3.63) is 71.8 Å². The Morgan fingerprint density at radius 1 is 0.885 bits per heavy atom. The Bertz CT molecular complexity index is 954. The highest BCUT2D eigenvalue weighted by Crippen LogP contribution is 2.51. The van der Waals surface area contributed by atoms with Gasteiger partial charge in [-0.3, -0.25) is 4.90 Å². The Hall–Kier alpha value is -2.43. The number of anilines is 3. The molecule has 3 aromatic carbocycles. The number of benzene rings is 3. The van der Waals surface area contributed by atoms with Crippen molar-refractivity contribution in [2.45, 2.75) is 29.6 Å². The average molecular weight is 361 g/mol. The Morgan fingerprint density at radius 3 is 2.23 bits per heavy atom. The minimum absolute atomic E-state index is 0.743. The fourth-order valence-electron chi connectivity index (χ4n) is 3.89. The summed E-state index contributed by atoms with van der Waals surface area (Å²) in [5.74, 6) is 0.966. The maximum atomic E-state index is 13.1. The van der Waals surface area contributed by atoms with Crippen molar-refractivity contribution in [1.82, 2.24) is 0 Å². The van der Waals surface area contributed by atoms with Crippen LogP contribution in [0.15, 0.2) is 70.5 Å². The first kappa shape index (κ1) is 15.8. The van der Waals surface area contributed by atoms with E-state index in [9.17, 15) is 4.55 Å². The van der Waals surface area contributed by atoms with Gasteiger partial charge in [0, 0.05) is 11.2 Å². The van der Waals surface area contributed by atoms with E-state index in [0.29, 0.717) is 0 Å². The molecule has 5 rings (SSSR count). The number of nitrogens with zero attached hydrogens (tertiary/aromatic N) is 1. The Kier molecular flexibility index (Phi) is 3.69. The van der Waals surface area contributed by atoms with Gasteiger partial charge in [-0.1, -0.05) is 30.3 Å². The molecule has 4 heteroatoms. The Labute approximate surface area is 156 Å². The van der Waals surface area contributed by atoms with E-state index >= 15 is 0 Å². The maximum absolute atomic E-state index is 13.1. The molecule has 0 amide bonds. The van der Waals surface area contributed by atoms with Crippen LogP contribution in [-0.2, 0) is 17.6 Å². The molecule has 0 unspecified atom stereocenters. The van der Waals surface area contributed by atoms with Gasteiger partial charge in [0.1, 0.15) is 17.1 Å². The zero-order valence-electron chi connectivity index (χ0n) is 14.6. The van der Waals surface area contributed by atoms with Crippen LogP contribution in [0, 0.1) is 6.92 Å². The first-order valence-electron chi connectivity index (χ1n) is 8.91. The molecule has 0 saturated carbocycles. The summed E-state index contributed by atoms with van der Waals surface area (Å²) in [6.45, 7) is 2.89. The van der Waals surface area contributed by atoms with Crippen molar-refractivity contribution in [2.75, 3.05) is 11.5 Å². The van der Waals surface area contributed by atoms with Crippen LogP contribution >= 0.6 is 0 Å². The van der Waals surface area contributed by atoms with E-state index in [-0.39, 0.29) is 0 Å². The van der Waals surface area contributed by atoms with Gasteiger partial charge >= 0.3 is 0 Å². The number of aryl methyl sites for hydroxylation is 1. The number of ether oxygens (including phenoxy) is 1. The number of para-hydroxylation sites is 2. The van der Waals surface area contributed by atoms with Gasteiger partial charge in [-0.05, 0) is 61.2 Å². The van der Waals surface area contributed by atoms with Gasteiger partial charge in [-0.15, -0.1) is 0 Å². The molecule has 0 fully saturated rings. The predicted molar refractivity (Wildman–Crippen MR) is 104 cm³/mol. The van der Waals surface area contributed by atoms with Crippen LogP contribution in [0.1, 0.15) is 17.5 Å². The van der Waals surface area contributed by atoms with Crippen molar-refractivity contribution in [3.63, 3.8) is 0 Å². The molecule has 0 radical (unpaired) electrons. The van der Waals surface area contributed by atoms with E-state index < -0.39 is 11.2 Å². The number of hydrogen-bond donors (Lipinski definition) is 0. The second-order valence-corrected chi connectivity index (χ2v) is 8.12. The quantitative estimate of drug-likeness (QED) is 0.554. The van der Waals surface area contributed by atoms with Gasteiger partial charge in [0.2, 0.25) is 0 Å². The SMILES string of the molecule is Cc1ccc(N2c3ccccc3[S+]([O-])c3ccccc32)c2c1CCCO2. The van der Waals surface area contributed by atoms with Gasteiger partial charge in [-0.25, -0.2) is 0 Å². The highest BCUT2D eigenvalue weighted by atomic mass is 32.2. The highest BCUT2D eigenvalue weighted by molar-refractivity contribution is 7.92. The summed E-state index contributed by atoms with van der Waals surface area (Å²) >= 11 is -1.17. The lowest BCUT2D eigenvalue weighted by molar-refractivity contribution is 0.289. The smallest absolute Gasteiger partial charge is 0.182 e. The summed E-state index contributed by atoms with van der Waals surface area (Å²) in [6.07, 6.45) is 2.09. The maximum Gasteiger partial charge on any atom is 0.182 e. The summed E-state index contributed by atoms with van der Waals surface area (Å²) in [4.78, 5) is 3.89. The highest BCUT2D eigenvalue weighted by Gasteiger charge is 2.36. The monoisotopic (exact) mass is 361 g/mol. The summed E-state index contributed by atoms with van der Waals surface area (Å²) in [5.41, 5.74) is 5.51. The number of rotatable bonds is 1. The molecule has 3 aromatic rings. The van der Waals surface area contributed by atoms with Gasteiger partial charge in [0.25, 0.3) is 0 Å². The molecule has 130 valence electrons. The molecule has 2 heterocycles. The van der Waals surface area contributed by atoms with Gasteiger partial charge in [0.05, 0.1) is 12.3 Å². The molecule has 0 aliphatic carbocycles. The van der Waals surface area contributed by atoms with Crippen LogP contribution in [0.2, 0.25) is 0 Å². The molecular weight excluding hydrogens is 342 g/mol. The third-order valence-electron chi connectivity index (χ3n) is 5.14. The van der Waals surface area contributed by atoms with Gasteiger partial charge in [-0.2, -0.15) is 0 Å². The van der Waals surface area contributed by atoms with E-state index in [2.05, 4.69) is 24.0 Å². The summed E-state index contributed by atoms with van der Waals surface area (Å²) in [6, 6.07) is 20.2. The minimum Gasteiger partial charge on any atom is -0.606 e. The summed E-state index contributed by atoms with van der Waals surface area (Å²) in [7, 11) is 0. The van der Waals surface area contributed by atoms with Crippen molar-refractivity contribution in [2.24, 2.45) is 0 Å². The Balaban J connectivity index is 1.80. The number of hydrogen-bond acceptors (Lipinski definition) is 3. The molecule has 0 saturated heterocycles. The second-order valence-electron chi connectivity index (χ2n) is 6.70. The van der Waals surface area contributed by atoms with Crippen LogP contribution in [0.25, 0.3) is 0 Å². The zero-order valence-corrected chi connectivity index (χ0v) is 15.4. The predicted octanol–water partition coefficient (Wildman–Crippen LogP) is 5.27. The van der Waals surface area contributed by atoms with Crippen molar-refractivity contribution in [3.8, 4) is 5.75 Å². The fraction of sp³-hybridized carbons (Fsp3) is 0.182. The average Bonchev–Trinajstić information content (AvgIpc) is 2.70. The fourth-order valence-corrected chi connectivity index (χ4v) is 5.23. The first-order chi connectivity index (χ1) is 12.8. The van der Waals surface area contributed by atoms with Crippen LogP contribution in [0.3, 0.4) is 0 Å². The molecule has 2 aliphatic heterocycles.